The van der Waals surface area contributed by atoms with Gasteiger partial charge in [-0.25, -0.2) is 9.97 Å². The molecule has 7 nitrogen and oxygen atoms in total. The maximum Gasteiger partial charge on any atom is 0.309 e. The van der Waals surface area contributed by atoms with E-state index in [1.807, 2.05) is 65.2 Å². The van der Waals surface area contributed by atoms with Crippen molar-refractivity contribution in [1.82, 2.24) is 14.4 Å². The second kappa shape index (κ2) is 7.92. The fourth-order valence-electron chi connectivity index (χ4n) is 4.75. The van der Waals surface area contributed by atoms with Crippen LogP contribution in [-0.4, -0.2) is 27.4 Å². The van der Waals surface area contributed by atoms with E-state index in [-0.39, 0.29) is 23.2 Å². The number of aromatic nitrogens is 3. The number of benzene rings is 2. The molecule has 2 heterocycles. The SMILES string of the molecule is COC(=O)[C@@H]1C[C@@H](c2nc(-c3ccc(Oc4ccccc4)cc3)c3c(N)nccn23)C1(C)C. The summed E-state index contributed by atoms with van der Waals surface area (Å²) >= 11 is 0. The summed E-state index contributed by atoms with van der Waals surface area (Å²) in [6, 6.07) is 17.4. The molecule has 33 heavy (non-hydrogen) atoms. The van der Waals surface area contributed by atoms with Crippen LogP contribution in [0, 0.1) is 11.3 Å². The van der Waals surface area contributed by atoms with Crippen molar-refractivity contribution in [1.29, 1.82) is 0 Å². The molecule has 4 aromatic rings. The molecule has 1 fully saturated rings. The Morgan fingerprint density at radius 2 is 1.79 bits per heavy atom. The summed E-state index contributed by atoms with van der Waals surface area (Å²) in [7, 11) is 1.44. The second-order valence-electron chi connectivity index (χ2n) is 8.97. The van der Waals surface area contributed by atoms with Gasteiger partial charge in [0, 0.05) is 23.9 Å². The van der Waals surface area contributed by atoms with Crippen molar-refractivity contribution in [3.63, 3.8) is 0 Å². The van der Waals surface area contributed by atoms with Crippen LogP contribution in [0.25, 0.3) is 16.8 Å². The first kappa shape index (κ1) is 21.0. The van der Waals surface area contributed by atoms with Crippen molar-refractivity contribution in [2.24, 2.45) is 11.3 Å². The number of carbonyl (C=O) groups is 1. The van der Waals surface area contributed by atoms with Crippen LogP contribution in [0.4, 0.5) is 5.82 Å². The Balaban J connectivity index is 1.52. The van der Waals surface area contributed by atoms with Gasteiger partial charge in [0.05, 0.1) is 13.0 Å². The standard InChI is InChI=1S/C26H26N4O3/c1-26(2)19(15-20(26)25(31)32-3)24-29-21(22-23(27)28-13-14-30(22)24)16-9-11-18(12-10-16)33-17-7-5-4-6-8-17/h4-14,19-20H,15H2,1-3H3,(H2,27,28)/t19-,20-/m0/s1. The van der Waals surface area contributed by atoms with Gasteiger partial charge < -0.3 is 15.2 Å². The fraction of sp³-hybridized carbons (Fsp3) is 0.269. The van der Waals surface area contributed by atoms with Crippen LogP contribution in [0.3, 0.4) is 0 Å². The molecule has 2 aromatic heterocycles. The summed E-state index contributed by atoms with van der Waals surface area (Å²) < 4.78 is 12.9. The van der Waals surface area contributed by atoms with Crippen molar-refractivity contribution in [3.8, 4) is 22.8 Å². The highest BCUT2D eigenvalue weighted by Crippen LogP contribution is 2.57. The predicted octanol–water partition coefficient (Wildman–Crippen LogP) is 5.07. The molecule has 0 spiro atoms. The maximum atomic E-state index is 12.2. The molecule has 1 aliphatic carbocycles. The first-order valence-electron chi connectivity index (χ1n) is 10.9. The third-order valence-electron chi connectivity index (χ3n) is 6.78. The van der Waals surface area contributed by atoms with Crippen LogP contribution in [0.2, 0.25) is 0 Å². The number of carbonyl (C=O) groups excluding carboxylic acids is 1. The van der Waals surface area contributed by atoms with Gasteiger partial charge in [0.2, 0.25) is 0 Å². The van der Waals surface area contributed by atoms with Gasteiger partial charge in [0.1, 0.15) is 34.4 Å². The molecular formula is C26H26N4O3. The Bertz CT molecular complexity index is 1310. The van der Waals surface area contributed by atoms with E-state index in [9.17, 15) is 4.79 Å². The molecule has 0 saturated heterocycles. The lowest BCUT2D eigenvalue weighted by Gasteiger charge is -2.49. The summed E-state index contributed by atoms with van der Waals surface area (Å²) in [4.78, 5) is 21.5. The number of hydrogen-bond acceptors (Lipinski definition) is 6. The molecule has 2 atom stereocenters. The normalized spacial score (nSPS) is 19.1. The molecule has 0 amide bonds. The van der Waals surface area contributed by atoms with Crippen LogP contribution in [0.5, 0.6) is 11.5 Å². The first-order valence-corrected chi connectivity index (χ1v) is 10.9. The molecule has 7 heteroatoms. The highest BCUT2D eigenvalue weighted by molar-refractivity contribution is 5.85. The lowest BCUT2D eigenvalue weighted by atomic mass is 9.54. The number of ether oxygens (including phenoxy) is 2. The van der Waals surface area contributed by atoms with E-state index in [2.05, 4.69) is 18.8 Å². The van der Waals surface area contributed by atoms with Gasteiger partial charge in [0.25, 0.3) is 0 Å². The molecule has 168 valence electrons. The molecule has 1 aliphatic rings. The molecule has 0 unspecified atom stereocenters. The monoisotopic (exact) mass is 442 g/mol. The highest BCUT2D eigenvalue weighted by Gasteiger charge is 2.54. The van der Waals surface area contributed by atoms with Gasteiger partial charge in [-0.15, -0.1) is 0 Å². The lowest BCUT2D eigenvalue weighted by molar-refractivity contribution is -0.158. The van der Waals surface area contributed by atoms with Crippen molar-refractivity contribution in [2.75, 3.05) is 12.8 Å². The summed E-state index contributed by atoms with van der Waals surface area (Å²) in [5, 5.41) is 0. The van der Waals surface area contributed by atoms with Crippen LogP contribution in [0.1, 0.15) is 32.0 Å². The highest BCUT2D eigenvalue weighted by atomic mass is 16.5. The topological polar surface area (TPSA) is 91.7 Å². The zero-order valence-corrected chi connectivity index (χ0v) is 18.9. The van der Waals surface area contributed by atoms with Gasteiger partial charge in [0.15, 0.2) is 0 Å². The molecule has 2 aromatic carbocycles. The minimum absolute atomic E-state index is 0.0883. The largest absolute Gasteiger partial charge is 0.469 e. The number of nitrogen functional groups attached to an aromatic ring is 1. The number of anilines is 1. The number of nitrogens with zero attached hydrogens (tertiary/aromatic N) is 3. The van der Waals surface area contributed by atoms with Crippen molar-refractivity contribution in [3.05, 3.63) is 72.8 Å². The molecule has 0 aliphatic heterocycles. The minimum atomic E-state index is -0.281. The van der Waals surface area contributed by atoms with Gasteiger partial charge in [-0.05, 0) is 48.2 Å². The van der Waals surface area contributed by atoms with Gasteiger partial charge in [-0.2, -0.15) is 0 Å². The van der Waals surface area contributed by atoms with Crippen LogP contribution in [0.15, 0.2) is 67.0 Å². The van der Waals surface area contributed by atoms with Gasteiger partial charge >= 0.3 is 5.97 Å². The number of nitrogens with two attached hydrogens (primary N) is 1. The Morgan fingerprint density at radius 1 is 1.09 bits per heavy atom. The minimum Gasteiger partial charge on any atom is -0.469 e. The number of esters is 1. The zero-order valence-electron chi connectivity index (χ0n) is 18.9. The first-order chi connectivity index (χ1) is 15.9. The summed E-state index contributed by atoms with van der Waals surface area (Å²) in [5.74, 6) is 2.57. The van der Waals surface area contributed by atoms with Crippen LogP contribution < -0.4 is 10.5 Å². The third-order valence-corrected chi connectivity index (χ3v) is 6.78. The third kappa shape index (κ3) is 3.50. The van der Waals surface area contributed by atoms with E-state index in [4.69, 9.17) is 20.2 Å². The Labute approximate surface area is 192 Å². The van der Waals surface area contributed by atoms with E-state index >= 15 is 0 Å². The van der Waals surface area contributed by atoms with Crippen LogP contribution in [-0.2, 0) is 9.53 Å². The quantitative estimate of drug-likeness (QED) is 0.434. The Hall–Kier alpha value is -3.87. The van der Waals surface area contributed by atoms with E-state index in [0.717, 1.165) is 34.1 Å². The second-order valence-corrected chi connectivity index (χ2v) is 8.97. The Kier molecular flexibility index (Phi) is 5.04. The lowest BCUT2D eigenvalue weighted by Crippen LogP contribution is -2.48. The van der Waals surface area contributed by atoms with E-state index in [1.54, 1.807) is 6.20 Å². The van der Waals surface area contributed by atoms with Gasteiger partial charge in [-0.1, -0.05) is 32.0 Å². The smallest absolute Gasteiger partial charge is 0.309 e. The maximum absolute atomic E-state index is 12.2. The molecular weight excluding hydrogens is 416 g/mol. The molecule has 0 bridgehead atoms. The van der Waals surface area contributed by atoms with E-state index < -0.39 is 0 Å². The number of imidazole rings is 1. The average molecular weight is 443 g/mol. The number of para-hydroxylation sites is 1. The number of hydrogen-bond donors (Lipinski definition) is 1. The van der Waals surface area contributed by atoms with E-state index in [1.165, 1.54) is 7.11 Å². The summed E-state index contributed by atoms with van der Waals surface area (Å²) in [5.41, 5.74) is 8.46. The van der Waals surface area contributed by atoms with Crippen molar-refractivity contribution in [2.45, 2.75) is 26.2 Å². The number of rotatable bonds is 5. The molecule has 1 saturated carbocycles. The molecule has 0 radical (unpaired) electrons. The molecule has 2 N–H and O–H groups in total. The fourth-order valence-corrected chi connectivity index (χ4v) is 4.75. The average Bonchev–Trinajstić information content (AvgIpc) is 3.20. The summed E-state index contributed by atoms with van der Waals surface area (Å²) in [6.07, 6.45) is 4.24. The number of methoxy groups -OCH3 is 1. The van der Waals surface area contributed by atoms with E-state index in [0.29, 0.717) is 12.2 Å². The summed E-state index contributed by atoms with van der Waals surface area (Å²) in [6.45, 7) is 4.17. The van der Waals surface area contributed by atoms with Crippen LogP contribution >= 0.6 is 0 Å². The zero-order chi connectivity index (χ0) is 23.2. The van der Waals surface area contributed by atoms with Gasteiger partial charge in [-0.3, -0.25) is 9.20 Å². The Morgan fingerprint density at radius 3 is 2.45 bits per heavy atom. The number of fused-ring (bicyclic) bond motifs is 1. The molecule has 5 rings (SSSR count). The predicted molar refractivity (Wildman–Crippen MR) is 126 cm³/mol. The van der Waals surface area contributed by atoms with Crippen molar-refractivity contribution >= 4 is 17.3 Å². The van der Waals surface area contributed by atoms with Crippen molar-refractivity contribution < 1.29 is 14.3 Å².